The van der Waals surface area contributed by atoms with Crippen LogP contribution in [0.15, 0.2) is 0 Å². The number of hydrogen-bond donors (Lipinski definition) is 2. The SMILES string of the molecule is O=C(O)COCC(=O)C1(C(=O)COCC(=O)O)CCC2(CC2)CC1. The van der Waals surface area contributed by atoms with Crippen molar-refractivity contribution in [1.82, 2.24) is 0 Å². The van der Waals surface area contributed by atoms with Crippen LogP contribution >= 0.6 is 0 Å². The standard InChI is InChI=1S/C16H22O8/c17-11(7-23-9-13(19)20)16(12(18)8-24-10-14(21)22)5-3-15(1-2-15)4-6-16/h1-10H2,(H,19,20)(H,21,22). The Bertz CT molecular complexity index is 490. The summed E-state index contributed by atoms with van der Waals surface area (Å²) in [6.07, 6.45) is 4.52. The Labute approximate surface area is 139 Å². The number of Topliss-reactive ketones (excluding diaryl/α,β-unsaturated/α-hetero) is 2. The zero-order valence-corrected chi connectivity index (χ0v) is 13.4. The molecule has 8 nitrogen and oxygen atoms in total. The molecule has 8 heteroatoms. The third-order valence-electron chi connectivity index (χ3n) is 5.11. The predicted molar refractivity (Wildman–Crippen MR) is 79.5 cm³/mol. The largest absolute Gasteiger partial charge is 0.480 e. The van der Waals surface area contributed by atoms with Gasteiger partial charge in [-0.15, -0.1) is 0 Å². The maximum atomic E-state index is 12.6. The summed E-state index contributed by atoms with van der Waals surface area (Å²) in [6.45, 7) is -2.08. The number of carboxylic acid groups (broad SMARTS) is 2. The van der Waals surface area contributed by atoms with Crippen molar-refractivity contribution in [2.45, 2.75) is 38.5 Å². The van der Waals surface area contributed by atoms with Crippen LogP contribution in [0.3, 0.4) is 0 Å². The predicted octanol–water partition coefficient (Wildman–Crippen LogP) is 0.668. The summed E-state index contributed by atoms with van der Waals surface area (Å²) in [4.78, 5) is 46.1. The van der Waals surface area contributed by atoms with Gasteiger partial charge < -0.3 is 19.7 Å². The Morgan fingerprint density at radius 3 is 1.38 bits per heavy atom. The quantitative estimate of drug-likeness (QED) is 0.555. The minimum Gasteiger partial charge on any atom is -0.480 e. The number of hydrogen-bond acceptors (Lipinski definition) is 6. The zero-order valence-electron chi connectivity index (χ0n) is 13.4. The highest BCUT2D eigenvalue weighted by atomic mass is 16.5. The second-order valence-corrected chi connectivity index (χ2v) is 6.70. The monoisotopic (exact) mass is 342 g/mol. The molecule has 0 aromatic heterocycles. The van der Waals surface area contributed by atoms with Gasteiger partial charge in [0.1, 0.15) is 26.4 Å². The molecule has 2 fully saturated rings. The summed E-state index contributed by atoms with van der Waals surface area (Å²) in [5.74, 6) is -3.26. The van der Waals surface area contributed by atoms with E-state index in [1.54, 1.807) is 0 Å². The number of ketones is 2. The molecule has 0 aliphatic heterocycles. The molecule has 0 heterocycles. The lowest BCUT2D eigenvalue weighted by atomic mass is 9.64. The second kappa shape index (κ2) is 7.40. The average Bonchev–Trinajstić information content (AvgIpc) is 3.26. The van der Waals surface area contributed by atoms with Gasteiger partial charge in [-0.3, -0.25) is 9.59 Å². The summed E-state index contributed by atoms with van der Waals surface area (Å²) in [5, 5.41) is 17.2. The highest BCUT2D eigenvalue weighted by Gasteiger charge is 2.54. The number of ether oxygens (including phenoxy) is 2. The van der Waals surface area contributed by atoms with Crippen molar-refractivity contribution >= 4 is 23.5 Å². The summed E-state index contributed by atoms with van der Waals surface area (Å²) in [6, 6.07) is 0. The number of carbonyl (C=O) groups excluding carboxylic acids is 2. The Balaban J connectivity index is 2.00. The molecule has 2 N–H and O–H groups in total. The maximum Gasteiger partial charge on any atom is 0.329 e. The fourth-order valence-electron chi connectivity index (χ4n) is 3.34. The molecule has 0 aromatic rings. The first-order valence-corrected chi connectivity index (χ1v) is 7.95. The van der Waals surface area contributed by atoms with Crippen LogP contribution in [-0.4, -0.2) is 60.1 Å². The van der Waals surface area contributed by atoms with E-state index in [0.29, 0.717) is 12.8 Å². The van der Waals surface area contributed by atoms with E-state index in [1.807, 2.05) is 0 Å². The van der Waals surface area contributed by atoms with Gasteiger partial charge >= 0.3 is 11.9 Å². The van der Waals surface area contributed by atoms with E-state index in [0.717, 1.165) is 25.7 Å². The Hall–Kier alpha value is -1.80. The minimum absolute atomic E-state index is 0.258. The molecule has 2 rings (SSSR count). The topological polar surface area (TPSA) is 127 Å². The molecule has 2 saturated carbocycles. The van der Waals surface area contributed by atoms with E-state index in [4.69, 9.17) is 19.7 Å². The average molecular weight is 342 g/mol. The fourth-order valence-corrected chi connectivity index (χ4v) is 3.34. The Morgan fingerprint density at radius 2 is 1.04 bits per heavy atom. The van der Waals surface area contributed by atoms with Crippen molar-refractivity contribution in [3.63, 3.8) is 0 Å². The molecule has 24 heavy (non-hydrogen) atoms. The first-order valence-electron chi connectivity index (χ1n) is 7.95. The van der Waals surface area contributed by atoms with Crippen LogP contribution in [-0.2, 0) is 28.7 Å². The molecule has 2 aliphatic rings. The lowest BCUT2D eigenvalue weighted by Crippen LogP contribution is -2.46. The smallest absolute Gasteiger partial charge is 0.329 e. The van der Waals surface area contributed by atoms with Crippen LogP contribution in [0.25, 0.3) is 0 Å². The van der Waals surface area contributed by atoms with Gasteiger partial charge in [0.25, 0.3) is 0 Å². The lowest BCUT2D eigenvalue weighted by Gasteiger charge is -2.38. The van der Waals surface area contributed by atoms with Gasteiger partial charge in [0.2, 0.25) is 0 Å². The van der Waals surface area contributed by atoms with E-state index in [2.05, 4.69) is 0 Å². The van der Waals surface area contributed by atoms with Crippen LogP contribution in [0.2, 0.25) is 0 Å². The third kappa shape index (κ3) is 4.39. The Morgan fingerprint density at radius 1 is 0.667 bits per heavy atom. The van der Waals surface area contributed by atoms with Crippen molar-refractivity contribution in [2.24, 2.45) is 10.8 Å². The van der Waals surface area contributed by atoms with Gasteiger partial charge in [0.15, 0.2) is 11.6 Å². The van der Waals surface area contributed by atoms with Crippen molar-refractivity contribution in [2.75, 3.05) is 26.4 Å². The molecule has 2 aliphatic carbocycles. The van der Waals surface area contributed by atoms with Crippen molar-refractivity contribution in [3.05, 3.63) is 0 Å². The van der Waals surface area contributed by atoms with Crippen LogP contribution in [0.1, 0.15) is 38.5 Å². The number of carbonyl (C=O) groups is 4. The summed E-state index contributed by atoms with van der Waals surface area (Å²) in [7, 11) is 0. The molecular weight excluding hydrogens is 320 g/mol. The molecule has 0 aromatic carbocycles. The van der Waals surface area contributed by atoms with Crippen molar-refractivity contribution in [1.29, 1.82) is 0 Å². The van der Waals surface area contributed by atoms with Crippen molar-refractivity contribution in [3.8, 4) is 0 Å². The van der Waals surface area contributed by atoms with Gasteiger partial charge in [0, 0.05) is 0 Å². The molecule has 0 amide bonds. The highest BCUT2D eigenvalue weighted by Crippen LogP contribution is 2.60. The molecule has 0 saturated heterocycles. The van der Waals surface area contributed by atoms with E-state index in [-0.39, 0.29) is 5.41 Å². The highest BCUT2D eigenvalue weighted by molar-refractivity contribution is 6.08. The molecule has 0 atom stereocenters. The number of carboxylic acids is 2. The van der Waals surface area contributed by atoms with Gasteiger partial charge in [-0.05, 0) is 43.9 Å². The number of aliphatic carboxylic acids is 2. The number of rotatable bonds is 10. The van der Waals surface area contributed by atoms with Gasteiger partial charge in [0.05, 0.1) is 5.41 Å². The maximum absolute atomic E-state index is 12.6. The molecule has 0 radical (unpaired) electrons. The fraction of sp³-hybridized carbons (Fsp3) is 0.750. The zero-order chi connectivity index (χ0) is 17.8. The Kier molecular flexibility index (Phi) is 5.71. The van der Waals surface area contributed by atoms with Gasteiger partial charge in [-0.1, -0.05) is 0 Å². The molecule has 1 spiro atoms. The summed E-state index contributed by atoms with van der Waals surface area (Å²) >= 11 is 0. The summed E-state index contributed by atoms with van der Waals surface area (Å²) in [5.41, 5.74) is -0.987. The third-order valence-corrected chi connectivity index (χ3v) is 5.11. The minimum atomic E-state index is -1.25. The molecule has 0 unspecified atom stereocenters. The second-order valence-electron chi connectivity index (χ2n) is 6.70. The van der Waals surface area contributed by atoms with E-state index < -0.39 is 55.3 Å². The lowest BCUT2D eigenvalue weighted by molar-refractivity contribution is -0.152. The molecular formula is C16H22O8. The van der Waals surface area contributed by atoms with E-state index in [1.165, 1.54) is 0 Å². The molecule has 0 bridgehead atoms. The first kappa shape index (κ1) is 18.5. The van der Waals surface area contributed by atoms with E-state index in [9.17, 15) is 19.2 Å². The van der Waals surface area contributed by atoms with Crippen molar-refractivity contribution < 1.29 is 38.9 Å². The van der Waals surface area contributed by atoms with E-state index >= 15 is 0 Å². The normalized spacial score (nSPS) is 20.5. The summed E-state index contributed by atoms with van der Waals surface area (Å²) < 4.78 is 9.72. The first-order chi connectivity index (χ1) is 11.3. The van der Waals surface area contributed by atoms with Crippen LogP contribution in [0, 0.1) is 10.8 Å². The van der Waals surface area contributed by atoms with Crippen LogP contribution in [0.5, 0.6) is 0 Å². The van der Waals surface area contributed by atoms with Gasteiger partial charge in [-0.2, -0.15) is 0 Å². The molecule has 134 valence electrons. The van der Waals surface area contributed by atoms with Crippen LogP contribution in [0.4, 0.5) is 0 Å². The van der Waals surface area contributed by atoms with Crippen LogP contribution < -0.4 is 0 Å². The van der Waals surface area contributed by atoms with Gasteiger partial charge in [-0.25, -0.2) is 9.59 Å².